The number of likely N-dealkylation sites (tertiary alicyclic amines) is 1. The van der Waals surface area contributed by atoms with E-state index < -0.39 is 23.2 Å². The third-order valence-electron chi connectivity index (χ3n) is 6.34. The number of carbonyl (C=O) groups excluding carboxylic acids is 3. The average molecular weight is 485 g/mol. The lowest BCUT2D eigenvalue weighted by Crippen LogP contribution is -2.52. The molecule has 1 atom stereocenters. The number of benzene rings is 2. The first kappa shape index (κ1) is 22.4. The lowest BCUT2D eigenvalue weighted by Gasteiger charge is -2.30. The quantitative estimate of drug-likeness (QED) is 0.484. The van der Waals surface area contributed by atoms with Crippen molar-refractivity contribution in [2.45, 2.75) is 25.0 Å². The second-order valence-electron chi connectivity index (χ2n) is 8.63. The second kappa shape index (κ2) is 8.41. The smallest absolute Gasteiger partial charge is 0.270 e. The van der Waals surface area contributed by atoms with Gasteiger partial charge in [-0.3, -0.25) is 14.4 Å². The van der Waals surface area contributed by atoms with Crippen LogP contribution in [0, 0.1) is 5.82 Å². The van der Waals surface area contributed by atoms with Crippen LogP contribution in [0.3, 0.4) is 0 Å². The van der Waals surface area contributed by atoms with Crippen molar-refractivity contribution in [2.75, 3.05) is 24.5 Å². The Morgan fingerprint density at radius 1 is 1.15 bits per heavy atom. The summed E-state index contributed by atoms with van der Waals surface area (Å²) in [6, 6.07) is 10.8. The van der Waals surface area contributed by atoms with Gasteiger partial charge < -0.3 is 25.2 Å². The van der Waals surface area contributed by atoms with Crippen molar-refractivity contribution in [2.24, 2.45) is 0 Å². The van der Waals surface area contributed by atoms with Gasteiger partial charge in [0.2, 0.25) is 5.60 Å². The van der Waals surface area contributed by atoms with Crippen molar-refractivity contribution in [3.05, 3.63) is 64.6 Å². The van der Waals surface area contributed by atoms with E-state index in [0.29, 0.717) is 16.9 Å². The lowest BCUT2D eigenvalue weighted by molar-refractivity contribution is -0.149. The Kier molecular flexibility index (Phi) is 5.53. The van der Waals surface area contributed by atoms with Crippen LogP contribution in [0.2, 0.25) is 5.02 Å². The normalized spacial score (nSPS) is 20.0. The number of anilines is 1. The van der Waals surface area contributed by atoms with Crippen molar-refractivity contribution >= 4 is 45.9 Å². The third-order valence-corrected chi connectivity index (χ3v) is 6.56. The summed E-state index contributed by atoms with van der Waals surface area (Å²) in [5.74, 6) is -2.21. The van der Waals surface area contributed by atoms with Crippen LogP contribution in [-0.2, 0) is 16.1 Å². The number of amides is 3. The van der Waals surface area contributed by atoms with Crippen LogP contribution in [0.4, 0.5) is 10.1 Å². The van der Waals surface area contributed by atoms with Gasteiger partial charge in [0.05, 0.1) is 0 Å². The molecule has 1 unspecified atom stereocenters. The number of carbonyl (C=O) groups is 3. The number of hydrogen-bond acceptors (Lipinski definition) is 4. The maximum Gasteiger partial charge on any atom is 0.270 e. The van der Waals surface area contributed by atoms with Crippen LogP contribution in [0.5, 0.6) is 0 Å². The summed E-state index contributed by atoms with van der Waals surface area (Å²) in [5.41, 5.74) is -0.0807. The molecule has 1 aromatic heterocycles. The minimum atomic E-state index is -2.23. The molecule has 3 heterocycles. The molecule has 2 aliphatic heterocycles. The van der Waals surface area contributed by atoms with Gasteiger partial charge >= 0.3 is 0 Å². The first-order valence-electron chi connectivity index (χ1n) is 10.9. The van der Waals surface area contributed by atoms with Crippen molar-refractivity contribution in [3.63, 3.8) is 0 Å². The predicted molar refractivity (Wildman–Crippen MR) is 124 cm³/mol. The van der Waals surface area contributed by atoms with Gasteiger partial charge in [-0.25, -0.2) is 4.39 Å². The Bertz CT molecular complexity index is 1300. The van der Waals surface area contributed by atoms with Gasteiger partial charge in [-0.15, -0.1) is 0 Å². The molecule has 2 fully saturated rings. The highest BCUT2D eigenvalue weighted by Crippen LogP contribution is 2.31. The molecule has 0 saturated carbocycles. The fourth-order valence-electron chi connectivity index (χ4n) is 4.30. The molecule has 176 valence electrons. The number of nitrogens with one attached hydrogen (secondary N) is 2. The standard InChI is InChI=1S/C24H22ClFN4O4/c25-16-8-14(9-17(26)12-16)13-27-22(32)24(34)4-7-30(23(24)33)18-2-3-19-15(10-18)11-20(28-19)21(31)29-5-1-6-29/h2-3,8-12,28,34H,1,4-7,13H2,(H,27,32). The Labute approximate surface area is 199 Å². The van der Waals surface area contributed by atoms with Crippen molar-refractivity contribution in [1.82, 2.24) is 15.2 Å². The van der Waals surface area contributed by atoms with E-state index >= 15 is 0 Å². The molecule has 5 rings (SSSR count). The molecule has 3 amide bonds. The van der Waals surface area contributed by atoms with E-state index in [1.165, 1.54) is 17.0 Å². The van der Waals surface area contributed by atoms with Gasteiger partial charge in [0.25, 0.3) is 17.7 Å². The summed E-state index contributed by atoms with van der Waals surface area (Å²) in [6.07, 6.45) is 0.908. The Morgan fingerprint density at radius 3 is 2.65 bits per heavy atom. The molecule has 0 radical (unpaired) electrons. The predicted octanol–water partition coefficient (Wildman–Crippen LogP) is 2.59. The number of halogens is 2. The molecule has 2 saturated heterocycles. The van der Waals surface area contributed by atoms with E-state index in [2.05, 4.69) is 10.3 Å². The molecular formula is C24H22ClFN4O4. The zero-order chi connectivity index (χ0) is 24.0. The molecule has 0 spiro atoms. The van der Waals surface area contributed by atoms with Crippen LogP contribution in [0.15, 0.2) is 42.5 Å². The summed E-state index contributed by atoms with van der Waals surface area (Å²) in [4.78, 5) is 44.4. The van der Waals surface area contributed by atoms with Crippen molar-refractivity contribution in [1.29, 1.82) is 0 Å². The minimum absolute atomic E-state index is 0.0631. The molecular weight excluding hydrogens is 463 g/mol. The van der Waals surface area contributed by atoms with E-state index in [4.69, 9.17) is 11.6 Å². The maximum atomic E-state index is 13.5. The van der Waals surface area contributed by atoms with E-state index in [9.17, 15) is 23.9 Å². The van der Waals surface area contributed by atoms with E-state index in [1.54, 1.807) is 29.2 Å². The number of rotatable bonds is 5. The number of H-pyrrole nitrogens is 1. The molecule has 10 heteroatoms. The lowest BCUT2D eigenvalue weighted by atomic mass is 10.0. The number of aromatic nitrogens is 1. The zero-order valence-corrected chi connectivity index (χ0v) is 18.9. The van der Waals surface area contributed by atoms with Crippen LogP contribution in [0.25, 0.3) is 10.9 Å². The Morgan fingerprint density at radius 2 is 1.94 bits per heavy atom. The third kappa shape index (κ3) is 3.91. The molecule has 0 bridgehead atoms. The highest BCUT2D eigenvalue weighted by Gasteiger charge is 2.51. The van der Waals surface area contributed by atoms with Crippen molar-refractivity contribution in [3.8, 4) is 0 Å². The monoisotopic (exact) mass is 484 g/mol. The number of fused-ring (bicyclic) bond motifs is 1. The molecule has 2 aliphatic rings. The number of aromatic amines is 1. The zero-order valence-electron chi connectivity index (χ0n) is 18.1. The van der Waals surface area contributed by atoms with Crippen LogP contribution >= 0.6 is 11.6 Å². The first-order chi connectivity index (χ1) is 16.2. The van der Waals surface area contributed by atoms with E-state index in [-0.39, 0.29) is 30.4 Å². The maximum absolute atomic E-state index is 13.5. The summed E-state index contributed by atoms with van der Waals surface area (Å²) >= 11 is 5.83. The largest absolute Gasteiger partial charge is 0.372 e. The molecule has 3 aromatic rings. The van der Waals surface area contributed by atoms with E-state index in [0.717, 1.165) is 36.5 Å². The molecule has 8 nitrogen and oxygen atoms in total. The summed E-state index contributed by atoms with van der Waals surface area (Å²) < 4.78 is 13.5. The van der Waals surface area contributed by atoms with Gasteiger partial charge in [-0.05, 0) is 54.4 Å². The van der Waals surface area contributed by atoms with Gasteiger partial charge in [0.1, 0.15) is 11.5 Å². The van der Waals surface area contributed by atoms with Gasteiger partial charge in [0.15, 0.2) is 0 Å². The van der Waals surface area contributed by atoms with Gasteiger partial charge in [-0.2, -0.15) is 0 Å². The van der Waals surface area contributed by atoms with Gasteiger partial charge in [-0.1, -0.05) is 11.6 Å². The van der Waals surface area contributed by atoms with Crippen LogP contribution < -0.4 is 10.2 Å². The van der Waals surface area contributed by atoms with E-state index in [1.807, 2.05) is 0 Å². The fraction of sp³-hybridized carbons (Fsp3) is 0.292. The Hall–Kier alpha value is -3.43. The highest BCUT2D eigenvalue weighted by molar-refractivity contribution is 6.30. The van der Waals surface area contributed by atoms with Crippen LogP contribution in [-0.4, -0.2) is 57.9 Å². The number of hydrogen-bond donors (Lipinski definition) is 3. The number of aliphatic hydroxyl groups is 1. The van der Waals surface area contributed by atoms with Crippen molar-refractivity contribution < 1.29 is 23.9 Å². The molecule has 3 N–H and O–H groups in total. The second-order valence-corrected chi connectivity index (χ2v) is 9.06. The molecule has 34 heavy (non-hydrogen) atoms. The average Bonchev–Trinajstić information content (AvgIpc) is 3.31. The topological polar surface area (TPSA) is 106 Å². The fourth-order valence-corrected chi connectivity index (χ4v) is 4.54. The molecule has 2 aromatic carbocycles. The summed E-state index contributed by atoms with van der Waals surface area (Å²) in [7, 11) is 0. The van der Waals surface area contributed by atoms with Crippen LogP contribution in [0.1, 0.15) is 28.9 Å². The summed E-state index contributed by atoms with van der Waals surface area (Å²) in [6.45, 7) is 1.54. The SMILES string of the molecule is O=C(c1cc2cc(N3CCC(O)(C(=O)NCc4cc(F)cc(Cl)c4)C3=O)ccc2[nH]1)N1CCC1. The first-order valence-corrected chi connectivity index (χ1v) is 11.3. The Balaban J connectivity index is 1.31. The highest BCUT2D eigenvalue weighted by atomic mass is 35.5. The summed E-state index contributed by atoms with van der Waals surface area (Å²) in [5, 5.41) is 14.3. The van der Waals surface area contributed by atoms with Gasteiger partial charge in [0, 0.05) is 54.2 Å². The molecule has 0 aliphatic carbocycles. The minimum Gasteiger partial charge on any atom is -0.372 e. The number of nitrogens with zero attached hydrogens (tertiary/aromatic N) is 2.